The van der Waals surface area contributed by atoms with Crippen molar-refractivity contribution in [3.05, 3.63) is 60.7 Å². The molecule has 0 saturated carbocycles. The Bertz CT molecular complexity index is 955. The quantitative estimate of drug-likeness (QED) is 0.624. The molecular weight excluding hydrogens is 364 g/mol. The van der Waals surface area contributed by atoms with Crippen LogP contribution in [0.1, 0.15) is 10.4 Å². The summed E-state index contributed by atoms with van der Waals surface area (Å²) in [4.78, 5) is 27.7. The lowest BCUT2D eigenvalue weighted by Crippen LogP contribution is -2.15. The molecule has 0 radical (unpaired) electrons. The van der Waals surface area contributed by atoms with E-state index in [0.29, 0.717) is 17.0 Å². The van der Waals surface area contributed by atoms with E-state index in [1.54, 1.807) is 35.3 Å². The molecule has 0 fully saturated rings. The maximum atomic E-state index is 12.5. The molecule has 0 unspecified atom stereocenters. The highest BCUT2D eigenvalue weighted by Gasteiger charge is 2.13. The number of hydrogen-bond acceptors (Lipinski definition) is 7. The average Bonchev–Trinajstić information content (AvgIpc) is 3.27. The molecule has 0 bridgehead atoms. The maximum absolute atomic E-state index is 12.5. The van der Waals surface area contributed by atoms with E-state index in [9.17, 15) is 9.59 Å². The molecule has 0 spiro atoms. The van der Waals surface area contributed by atoms with E-state index in [1.165, 1.54) is 26.6 Å². The summed E-state index contributed by atoms with van der Waals surface area (Å²) in [5.74, 6) is -0.205. The number of benzene rings is 2. The fourth-order valence-corrected chi connectivity index (χ4v) is 2.37. The van der Waals surface area contributed by atoms with E-state index < -0.39 is 5.97 Å². The van der Waals surface area contributed by atoms with Gasteiger partial charge in [0.1, 0.15) is 12.7 Å². The Balaban J connectivity index is 1.72. The average molecular weight is 382 g/mol. The first-order valence-corrected chi connectivity index (χ1v) is 8.25. The number of nitrogens with zero attached hydrogens (tertiary/aromatic N) is 3. The molecule has 144 valence electrons. The number of nitrogens with one attached hydrogen (secondary N) is 1. The van der Waals surface area contributed by atoms with Gasteiger partial charge < -0.3 is 19.5 Å². The van der Waals surface area contributed by atoms with Crippen molar-refractivity contribution in [1.82, 2.24) is 14.8 Å². The fraction of sp³-hybridized carbons (Fsp3) is 0.158. The summed E-state index contributed by atoms with van der Waals surface area (Å²) in [7, 11) is 2.73. The van der Waals surface area contributed by atoms with Gasteiger partial charge >= 0.3 is 5.97 Å². The largest absolute Gasteiger partial charge is 0.493 e. The Hall–Kier alpha value is -3.88. The van der Waals surface area contributed by atoms with Crippen LogP contribution < -0.4 is 14.8 Å². The van der Waals surface area contributed by atoms with E-state index in [-0.39, 0.29) is 18.3 Å². The molecule has 0 aliphatic carbocycles. The lowest BCUT2D eigenvalue weighted by molar-refractivity contribution is -0.142. The van der Waals surface area contributed by atoms with E-state index in [4.69, 9.17) is 9.47 Å². The van der Waals surface area contributed by atoms with Crippen LogP contribution >= 0.6 is 0 Å². The summed E-state index contributed by atoms with van der Waals surface area (Å²) in [6.45, 7) is -0.290. The molecule has 9 heteroatoms. The molecule has 1 aromatic heterocycles. The summed E-state index contributed by atoms with van der Waals surface area (Å²) in [6.07, 6.45) is 3.03. The highest BCUT2D eigenvalue weighted by molar-refractivity contribution is 6.04. The summed E-state index contributed by atoms with van der Waals surface area (Å²) in [6, 6.07) is 11.8. The van der Waals surface area contributed by atoms with Crippen molar-refractivity contribution in [2.24, 2.45) is 0 Å². The first-order chi connectivity index (χ1) is 13.6. The Morgan fingerprint density at radius 3 is 2.50 bits per heavy atom. The second-order valence-corrected chi connectivity index (χ2v) is 5.57. The normalized spacial score (nSPS) is 10.2. The van der Waals surface area contributed by atoms with E-state index in [1.807, 2.05) is 12.1 Å². The van der Waals surface area contributed by atoms with Gasteiger partial charge in [0, 0.05) is 11.3 Å². The van der Waals surface area contributed by atoms with Gasteiger partial charge in [-0.15, -0.1) is 0 Å². The van der Waals surface area contributed by atoms with Crippen LogP contribution in [0.3, 0.4) is 0 Å². The van der Waals surface area contributed by atoms with Crippen LogP contribution in [0.5, 0.6) is 11.5 Å². The summed E-state index contributed by atoms with van der Waals surface area (Å²) < 4.78 is 16.7. The van der Waals surface area contributed by atoms with Gasteiger partial charge in [0.05, 0.1) is 19.9 Å². The SMILES string of the molecule is COC(=O)COc1cc(C(=O)Nc2ccc(-n3cncn3)cc2)ccc1OC. The number of ether oxygens (including phenoxy) is 3. The van der Waals surface area contributed by atoms with Crippen LogP contribution in [0.4, 0.5) is 5.69 Å². The lowest BCUT2D eigenvalue weighted by Gasteiger charge is -2.12. The second-order valence-electron chi connectivity index (χ2n) is 5.57. The molecule has 0 atom stereocenters. The Labute approximate surface area is 160 Å². The van der Waals surface area contributed by atoms with Gasteiger partial charge in [-0.3, -0.25) is 4.79 Å². The molecule has 2 aromatic carbocycles. The number of aromatic nitrogens is 3. The standard InChI is InChI=1S/C19H18N4O5/c1-26-16-8-3-13(9-17(16)28-10-18(24)27-2)19(25)22-14-4-6-15(7-5-14)23-12-20-11-21-23/h3-9,11-12H,10H2,1-2H3,(H,22,25). The van der Waals surface area contributed by atoms with Crippen LogP contribution in [0.25, 0.3) is 5.69 Å². The van der Waals surface area contributed by atoms with Crippen LogP contribution in [0, 0.1) is 0 Å². The minimum Gasteiger partial charge on any atom is -0.493 e. The lowest BCUT2D eigenvalue weighted by atomic mass is 10.1. The molecule has 9 nitrogen and oxygen atoms in total. The third-order valence-corrected chi connectivity index (χ3v) is 3.81. The smallest absolute Gasteiger partial charge is 0.343 e. The number of esters is 1. The molecule has 1 amide bonds. The second kappa shape index (κ2) is 8.67. The third kappa shape index (κ3) is 4.44. The number of rotatable bonds is 7. The fourth-order valence-electron chi connectivity index (χ4n) is 2.37. The van der Waals surface area contributed by atoms with Crippen LogP contribution in [0.15, 0.2) is 55.1 Å². The van der Waals surface area contributed by atoms with Gasteiger partial charge in [0.2, 0.25) is 0 Å². The number of amides is 1. The highest BCUT2D eigenvalue weighted by atomic mass is 16.6. The van der Waals surface area contributed by atoms with Crippen molar-refractivity contribution >= 4 is 17.6 Å². The molecule has 1 heterocycles. The molecule has 0 aliphatic rings. The predicted molar refractivity (Wildman–Crippen MR) is 99.8 cm³/mol. The Morgan fingerprint density at radius 2 is 1.86 bits per heavy atom. The summed E-state index contributed by atoms with van der Waals surface area (Å²) >= 11 is 0. The minimum atomic E-state index is -0.538. The minimum absolute atomic E-state index is 0.266. The van der Waals surface area contributed by atoms with Crippen molar-refractivity contribution in [2.45, 2.75) is 0 Å². The molecule has 3 aromatic rings. The zero-order chi connectivity index (χ0) is 19.9. The predicted octanol–water partition coefficient (Wildman–Crippen LogP) is 2.08. The number of hydrogen-bond donors (Lipinski definition) is 1. The van der Waals surface area contributed by atoms with Crippen molar-refractivity contribution in [2.75, 3.05) is 26.1 Å². The Morgan fingerprint density at radius 1 is 1.07 bits per heavy atom. The van der Waals surface area contributed by atoms with Crippen LogP contribution in [-0.4, -0.2) is 47.5 Å². The van der Waals surface area contributed by atoms with Gasteiger partial charge in [-0.05, 0) is 42.5 Å². The first-order valence-electron chi connectivity index (χ1n) is 8.25. The van der Waals surface area contributed by atoms with Crippen molar-refractivity contribution in [1.29, 1.82) is 0 Å². The van der Waals surface area contributed by atoms with Gasteiger partial charge in [0.25, 0.3) is 5.91 Å². The molecule has 1 N–H and O–H groups in total. The zero-order valence-corrected chi connectivity index (χ0v) is 15.3. The summed E-state index contributed by atoms with van der Waals surface area (Å²) in [5, 5.41) is 6.85. The van der Waals surface area contributed by atoms with Gasteiger partial charge in [0.15, 0.2) is 18.1 Å². The van der Waals surface area contributed by atoms with Gasteiger partial charge in [-0.1, -0.05) is 0 Å². The highest BCUT2D eigenvalue weighted by Crippen LogP contribution is 2.28. The molecular formula is C19H18N4O5. The number of methoxy groups -OCH3 is 2. The number of anilines is 1. The molecule has 0 aliphatic heterocycles. The van der Waals surface area contributed by atoms with Crippen molar-refractivity contribution < 1.29 is 23.8 Å². The zero-order valence-electron chi connectivity index (χ0n) is 15.3. The van der Waals surface area contributed by atoms with E-state index >= 15 is 0 Å². The van der Waals surface area contributed by atoms with Gasteiger partial charge in [-0.2, -0.15) is 5.10 Å². The Kier molecular flexibility index (Phi) is 5.85. The third-order valence-electron chi connectivity index (χ3n) is 3.81. The number of carbonyl (C=O) groups excluding carboxylic acids is 2. The molecule has 0 saturated heterocycles. The van der Waals surface area contributed by atoms with Crippen molar-refractivity contribution in [3.63, 3.8) is 0 Å². The molecule has 28 heavy (non-hydrogen) atoms. The number of carbonyl (C=O) groups is 2. The van der Waals surface area contributed by atoms with Crippen molar-refractivity contribution in [3.8, 4) is 17.2 Å². The monoisotopic (exact) mass is 382 g/mol. The van der Waals surface area contributed by atoms with Crippen LogP contribution in [-0.2, 0) is 9.53 Å². The molecule has 3 rings (SSSR count). The first kappa shape index (κ1) is 18.9. The van der Waals surface area contributed by atoms with Gasteiger partial charge in [-0.25, -0.2) is 14.5 Å². The summed E-state index contributed by atoms with van der Waals surface area (Å²) in [5.41, 5.74) is 1.78. The van der Waals surface area contributed by atoms with E-state index in [0.717, 1.165) is 5.69 Å². The van der Waals surface area contributed by atoms with E-state index in [2.05, 4.69) is 20.1 Å². The van der Waals surface area contributed by atoms with Crippen LogP contribution in [0.2, 0.25) is 0 Å². The topological polar surface area (TPSA) is 105 Å². The maximum Gasteiger partial charge on any atom is 0.343 e.